The Morgan fingerprint density at radius 3 is 2.05 bits per heavy atom. The third kappa shape index (κ3) is 3.96. The summed E-state index contributed by atoms with van der Waals surface area (Å²) in [4.78, 5) is 2.33. The van der Waals surface area contributed by atoms with Crippen LogP contribution in [0.15, 0.2) is 103 Å². The van der Waals surface area contributed by atoms with E-state index < -0.39 is 0 Å². The molecule has 0 unspecified atom stereocenters. The van der Waals surface area contributed by atoms with Crippen molar-refractivity contribution in [1.29, 1.82) is 0 Å². The molecule has 0 atom stereocenters. The van der Waals surface area contributed by atoms with Gasteiger partial charge in [0.25, 0.3) is 0 Å². The second kappa shape index (κ2) is 9.74. The number of anilines is 1. The van der Waals surface area contributed by atoms with Crippen LogP contribution in [0, 0.1) is 6.08 Å². The van der Waals surface area contributed by atoms with Crippen molar-refractivity contribution in [3.8, 4) is 0 Å². The first-order chi connectivity index (χ1) is 17.7. The maximum atomic E-state index is 3.43. The van der Waals surface area contributed by atoms with Crippen LogP contribution in [0.1, 0.15) is 38.8 Å². The Kier molecular flexibility index (Phi) is 6.87. The van der Waals surface area contributed by atoms with E-state index in [-0.39, 0.29) is 43.5 Å². The topological polar surface area (TPSA) is 6.25 Å². The fourth-order valence-electron chi connectivity index (χ4n) is 6.70. The molecular formula is C35H34N2Y. The molecule has 0 amide bonds. The SMILES string of the molecule is CN1C(=CC=[C-]C=CC2=[N+](C)c3ccc4ccccc4c3C2(C)C)C(C)(C)c2c1ccc1ccccc21.[Y]. The Labute approximate surface area is 251 Å². The van der Waals surface area contributed by atoms with Crippen molar-refractivity contribution >= 4 is 38.6 Å². The first-order valence-corrected chi connectivity index (χ1v) is 13.1. The number of fused-ring (bicyclic) bond motifs is 6. The summed E-state index contributed by atoms with van der Waals surface area (Å²) in [5.74, 6) is 0. The van der Waals surface area contributed by atoms with Crippen LogP contribution < -0.4 is 4.90 Å². The van der Waals surface area contributed by atoms with Crippen LogP contribution in [0.2, 0.25) is 0 Å². The van der Waals surface area contributed by atoms with E-state index in [2.05, 4.69) is 154 Å². The molecule has 0 aliphatic carbocycles. The minimum absolute atomic E-state index is 0. The van der Waals surface area contributed by atoms with Gasteiger partial charge in [-0.25, -0.2) is 4.58 Å². The van der Waals surface area contributed by atoms with Crippen molar-refractivity contribution < 1.29 is 37.3 Å². The zero-order valence-corrected chi connectivity index (χ0v) is 26.0. The fraction of sp³-hybridized carbons (Fsp3) is 0.229. The van der Waals surface area contributed by atoms with Gasteiger partial charge in [-0.15, -0.1) is 6.08 Å². The van der Waals surface area contributed by atoms with Gasteiger partial charge in [-0.2, -0.15) is 18.2 Å². The van der Waals surface area contributed by atoms with E-state index in [4.69, 9.17) is 0 Å². The second-order valence-corrected chi connectivity index (χ2v) is 11.3. The van der Waals surface area contributed by atoms with Crippen molar-refractivity contribution in [3.63, 3.8) is 0 Å². The summed E-state index contributed by atoms with van der Waals surface area (Å²) in [6, 6.07) is 26.4. The number of hydrogen-bond acceptors (Lipinski definition) is 1. The van der Waals surface area contributed by atoms with E-state index in [0.717, 1.165) is 0 Å². The maximum absolute atomic E-state index is 3.43. The molecule has 0 spiro atoms. The number of benzene rings is 4. The molecule has 4 aromatic carbocycles. The predicted octanol–water partition coefficient (Wildman–Crippen LogP) is 8.22. The third-order valence-electron chi connectivity index (χ3n) is 8.47. The van der Waals surface area contributed by atoms with Crippen molar-refractivity contribution in [1.82, 2.24) is 0 Å². The molecule has 187 valence electrons. The molecule has 3 heteroatoms. The molecule has 38 heavy (non-hydrogen) atoms. The molecule has 0 saturated heterocycles. The summed E-state index contributed by atoms with van der Waals surface area (Å²) in [7, 11) is 4.34. The minimum Gasteiger partial charge on any atom is -0.359 e. The van der Waals surface area contributed by atoms with Gasteiger partial charge in [0, 0.05) is 62.5 Å². The van der Waals surface area contributed by atoms with E-state index in [1.54, 1.807) is 0 Å². The minimum atomic E-state index is -0.0854. The largest absolute Gasteiger partial charge is 0.359 e. The molecule has 2 nitrogen and oxygen atoms in total. The number of allylic oxidation sites excluding steroid dienone is 6. The molecule has 0 bridgehead atoms. The van der Waals surface area contributed by atoms with Gasteiger partial charge in [0.15, 0.2) is 0 Å². The van der Waals surface area contributed by atoms with Gasteiger partial charge in [0.05, 0.1) is 5.41 Å². The summed E-state index contributed by atoms with van der Waals surface area (Å²) in [5.41, 5.74) is 7.77. The Morgan fingerprint density at radius 2 is 1.37 bits per heavy atom. The standard InChI is InChI=1S/C35H34N2.Y/c1-34(2)30(36(5)28-22-20-24-14-10-12-16-26(24)32(28)34)18-8-7-9-19-31-35(3,4)33-27-17-13-11-15-25(27)21-23-29(33)37(31)6;/h8-23H,1-6H3;. The van der Waals surface area contributed by atoms with Crippen molar-refractivity contribution in [2.24, 2.45) is 0 Å². The number of hydrogen-bond donors (Lipinski definition) is 0. The zero-order chi connectivity index (χ0) is 25.9. The van der Waals surface area contributed by atoms with Gasteiger partial charge in [0.2, 0.25) is 5.69 Å². The molecule has 4 aromatic rings. The average molecular weight is 572 g/mol. The molecular weight excluding hydrogens is 537 g/mol. The number of likely N-dealkylation sites (N-methyl/N-ethyl adjacent to an activating group) is 1. The number of rotatable bonds is 3. The average Bonchev–Trinajstić information content (AvgIpc) is 3.21. The predicted molar refractivity (Wildman–Crippen MR) is 158 cm³/mol. The van der Waals surface area contributed by atoms with Crippen molar-refractivity contribution in [2.75, 3.05) is 19.0 Å². The van der Waals surface area contributed by atoms with Crippen LogP contribution in [0.25, 0.3) is 21.5 Å². The van der Waals surface area contributed by atoms with E-state index in [1.807, 2.05) is 0 Å². The van der Waals surface area contributed by atoms with E-state index >= 15 is 0 Å². The van der Waals surface area contributed by atoms with Crippen LogP contribution in [0.4, 0.5) is 11.4 Å². The van der Waals surface area contributed by atoms with E-state index in [0.29, 0.717) is 0 Å². The van der Waals surface area contributed by atoms with Gasteiger partial charge in [0.1, 0.15) is 12.8 Å². The first-order valence-electron chi connectivity index (χ1n) is 13.1. The van der Waals surface area contributed by atoms with Crippen LogP contribution in [0.3, 0.4) is 0 Å². The second-order valence-electron chi connectivity index (χ2n) is 11.3. The molecule has 0 aromatic heterocycles. The van der Waals surface area contributed by atoms with Crippen LogP contribution in [0.5, 0.6) is 0 Å². The van der Waals surface area contributed by atoms with Crippen LogP contribution >= 0.6 is 0 Å². The summed E-state index contributed by atoms with van der Waals surface area (Å²) in [6.45, 7) is 9.30. The molecule has 2 aliphatic heterocycles. The maximum Gasteiger partial charge on any atom is 0.209 e. The van der Waals surface area contributed by atoms with Crippen LogP contribution in [-0.2, 0) is 43.5 Å². The third-order valence-corrected chi connectivity index (χ3v) is 8.47. The molecule has 2 heterocycles. The summed E-state index contributed by atoms with van der Waals surface area (Å²) in [6.07, 6.45) is 12.0. The molecule has 0 N–H and O–H groups in total. The van der Waals surface area contributed by atoms with Crippen molar-refractivity contribution in [3.05, 3.63) is 120 Å². The van der Waals surface area contributed by atoms with Gasteiger partial charge in [-0.1, -0.05) is 74.5 Å². The normalized spacial score (nSPS) is 18.7. The molecule has 2 aliphatic rings. The van der Waals surface area contributed by atoms with Gasteiger partial charge >= 0.3 is 0 Å². The first kappa shape index (κ1) is 26.8. The Morgan fingerprint density at radius 1 is 0.763 bits per heavy atom. The Balaban J connectivity index is 0.00000294. The van der Waals surface area contributed by atoms with Crippen LogP contribution in [-0.4, -0.2) is 24.4 Å². The number of nitrogens with zero attached hydrogens (tertiary/aromatic N) is 2. The molecule has 0 fully saturated rings. The Bertz CT molecular complexity index is 1700. The quantitative estimate of drug-likeness (QED) is 0.136. The summed E-state index contributed by atoms with van der Waals surface area (Å²) < 4.78 is 2.33. The molecule has 1 radical (unpaired) electrons. The zero-order valence-electron chi connectivity index (χ0n) is 23.2. The van der Waals surface area contributed by atoms with Crippen molar-refractivity contribution in [2.45, 2.75) is 38.5 Å². The van der Waals surface area contributed by atoms with Gasteiger partial charge < -0.3 is 4.90 Å². The summed E-state index contributed by atoms with van der Waals surface area (Å²) >= 11 is 0. The van der Waals surface area contributed by atoms with Gasteiger partial charge in [-0.05, 0) is 58.8 Å². The summed E-state index contributed by atoms with van der Waals surface area (Å²) in [5, 5.41) is 5.26. The van der Waals surface area contributed by atoms with E-state index in [1.165, 1.54) is 55.5 Å². The molecule has 0 saturated carbocycles. The van der Waals surface area contributed by atoms with Gasteiger partial charge in [-0.3, -0.25) is 0 Å². The molecule has 6 rings (SSSR count). The Hall–Kier alpha value is -2.81. The monoisotopic (exact) mass is 571 g/mol. The smallest absolute Gasteiger partial charge is 0.209 e. The van der Waals surface area contributed by atoms with E-state index in [9.17, 15) is 0 Å². The fourth-order valence-corrected chi connectivity index (χ4v) is 6.70.